The average molecular weight is 220 g/mol. The van der Waals surface area contributed by atoms with E-state index in [1.54, 1.807) is 17.3 Å². The van der Waals surface area contributed by atoms with Gasteiger partial charge in [0.05, 0.1) is 0 Å². The lowest BCUT2D eigenvalue weighted by atomic mass is 10.3. The summed E-state index contributed by atoms with van der Waals surface area (Å²) in [5.74, 6) is 0.279. The molecule has 1 heterocycles. The number of hydrogen-bond donors (Lipinski definition) is 0. The highest BCUT2D eigenvalue weighted by molar-refractivity contribution is 7.03. The molecule has 13 heavy (non-hydrogen) atoms. The molecule has 1 atom stereocenters. The van der Waals surface area contributed by atoms with Crippen molar-refractivity contribution >= 4 is 29.0 Å². The second-order valence-electron chi connectivity index (χ2n) is 2.71. The Balaban J connectivity index is 2.68. The van der Waals surface area contributed by atoms with Gasteiger partial charge in [-0.15, -0.1) is 16.7 Å². The van der Waals surface area contributed by atoms with Crippen molar-refractivity contribution in [2.24, 2.45) is 0 Å². The van der Waals surface area contributed by atoms with E-state index in [-0.39, 0.29) is 11.9 Å². The number of carbonyl (C=O) groups excluding carboxylic acids is 1. The molecule has 0 aliphatic carbocycles. The summed E-state index contributed by atoms with van der Waals surface area (Å²) in [7, 11) is 1.70. The van der Waals surface area contributed by atoms with Gasteiger partial charge < -0.3 is 4.90 Å². The van der Waals surface area contributed by atoms with E-state index in [1.165, 1.54) is 0 Å². The van der Waals surface area contributed by atoms with E-state index in [4.69, 9.17) is 11.6 Å². The van der Waals surface area contributed by atoms with Crippen LogP contribution in [-0.2, 0) is 0 Å². The zero-order valence-electron chi connectivity index (χ0n) is 7.40. The van der Waals surface area contributed by atoms with Gasteiger partial charge in [-0.05, 0) is 18.5 Å². The van der Waals surface area contributed by atoms with Crippen molar-refractivity contribution in [1.82, 2.24) is 14.5 Å². The van der Waals surface area contributed by atoms with Gasteiger partial charge in [0.25, 0.3) is 5.91 Å². The largest absolute Gasteiger partial charge is 0.336 e. The highest BCUT2D eigenvalue weighted by atomic mass is 35.5. The highest BCUT2D eigenvalue weighted by Crippen LogP contribution is 2.05. The molecule has 0 bridgehead atoms. The summed E-state index contributed by atoms with van der Waals surface area (Å²) >= 11 is 6.79. The van der Waals surface area contributed by atoms with Gasteiger partial charge in [-0.25, -0.2) is 0 Å². The van der Waals surface area contributed by atoms with Crippen LogP contribution in [0.3, 0.4) is 0 Å². The van der Waals surface area contributed by atoms with E-state index in [0.717, 1.165) is 11.5 Å². The van der Waals surface area contributed by atoms with Crippen molar-refractivity contribution in [2.45, 2.75) is 13.0 Å². The van der Waals surface area contributed by atoms with Crippen LogP contribution in [0.4, 0.5) is 0 Å². The molecule has 0 N–H and O–H groups in total. The van der Waals surface area contributed by atoms with Crippen LogP contribution in [0.5, 0.6) is 0 Å². The molecule has 1 rings (SSSR count). The second kappa shape index (κ2) is 4.53. The lowest BCUT2D eigenvalue weighted by Crippen LogP contribution is -2.36. The first-order chi connectivity index (χ1) is 6.16. The third-order valence-electron chi connectivity index (χ3n) is 1.78. The number of rotatable bonds is 3. The summed E-state index contributed by atoms with van der Waals surface area (Å²) in [5, 5.41) is 5.31. The molecule has 1 aromatic heterocycles. The molecule has 0 radical (unpaired) electrons. The van der Waals surface area contributed by atoms with E-state index < -0.39 is 0 Å². The van der Waals surface area contributed by atoms with E-state index in [0.29, 0.717) is 11.6 Å². The van der Waals surface area contributed by atoms with Crippen LogP contribution in [0.15, 0.2) is 5.38 Å². The Hall–Kier alpha value is -0.680. The van der Waals surface area contributed by atoms with Crippen LogP contribution in [-0.4, -0.2) is 39.4 Å². The maximum atomic E-state index is 11.6. The van der Waals surface area contributed by atoms with Crippen molar-refractivity contribution in [3.8, 4) is 0 Å². The van der Waals surface area contributed by atoms with Gasteiger partial charge in [0.2, 0.25) is 0 Å². The maximum Gasteiger partial charge on any atom is 0.275 e. The predicted molar refractivity (Wildman–Crippen MR) is 52.2 cm³/mol. The van der Waals surface area contributed by atoms with Crippen molar-refractivity contribution in [2.75, 3.05) is 12.9 Å². The number of alkyl halides is 1. The van der Waals surface area contributed by atoms with Gasteiger partial charge in [-0.1, -0.05) is 4.49 Å². The van der Waals surface area contributed by atoms with Gasteiger partial charge in [-0.2, -0.15) is 0 Å². The minimum absolute atomic E-state index is 0.0101. The molecule has 1 aromatic rings. The normalized spacial score (nSPS) is 12.5. The minimum atomic E-state index is -0.137. The van der Waals surface area contributed by atoms with E-state index >= 15 is 0 Å². The molecule has 0 aliphatic rings. The fourth-order valence-corrected chi connectivity index (χ4v) is 1.38. The summed E-state index contributed by atoms with van der Waals surface area (Å²) in [5.41, 5.74) is 0.379. The van der Waals surface area contributed by atoms with Gasteiger partial charge in [0, 0.05) is 24.3 Å². The molecule has 0 saturated carbocycles. The standard InChI is InChI=1S/C7H10ClN3OS/c1-5(3-8)11(2)7(12)6-4-13-10-9-6/h4-5H,3H2,1-2H3. The first-order valence-corrected chi connectivity index (χ1v) is 5.14. The Morgan fingerprint density at radius 2 is 2.54 bits per heavy atom. The Morgan fingerprint density at radius 1 is 1.85 bits per heavy atom. The third kappa shape index (κ3) is 2.38. The number of nitrogens with zero attached hydrogens (tertiary/aromatic N) is 3. The Morgan fingerprint density at radius 3 is 3.00 bits per heavy atom. The van der Waals surface area contributed by atoms with Crippen LogP contribution in [0.2, 0.25) is 0 Å². The fourth-order valence-electron chi connectivity index (χ4n) is 0.742. The van der Waals surface area contributed by atoms with Crippen LogP contribution in [0.1, 0.15) is 17.4 Å². The second-order valence-corrected chi connectivity index (χ2v) is 3.63. The fraction of sp³-hybridized carbons (Fsp3) is 0.571. The number of halogens is 1. The molecule has 0 saturated heterocycles. The quantitative estimate of drug-likeness (QED) is 0.719. The summed E-state index contributed by atoms with van der Waals surface area (Å²) in [6.45, 7) is 1.88. The molecule has 0 aromatic carbocycles. The molecule has 0 spiro atoms. The predicted octanol–water partition coefficient (Wildman–Crippen LogP) is 1.24. The lowest BCUT2D eigenvalue weighted by molar-refractivity contribution is 0.0751. The number of aromatic nitrogens is 2. The zero-order chi connectivity index (χ0) is 9.84. The zero-order valence-corrected chi connectivity index (χ0v) is 8.97. The first-order valence-electron chi connectivity index (χ1n) is 3.77. The van der Waals surface area contributed by atoms with Crippen LogP contribution in [0.25, 0.3) is 0 Å². The summed E-state index contributed by atoms with van der Waals surface area (Å²) in [4.78, 5) is 13.1. The maximum absolute atomic E-state index is 11.6. The van der Waals surface area contributed by atoms with E-state index in [1.807, 2.05) is 6.92 Å². The molecule has 0 aliphatic heterocycles. The minimum Gasteiger partial charge on any atom is -0.336 e. The van der Waals surface area contributed by atoms with Gasteiger partial charge >= 0.3 is 0 Å². The van der Waals surface area contributed by atoms with Gasteiger partial charge in [0.15, 0.2) is 5.69 Å². The number of hydrogen-bond acceptors (Lipinski definition) is 4. The molecule has 4 nitrogen and oxygen atoms in total. The average Bonchev–Trinajstić information content (AvgIpc) is 2.67. The molecule has 72 valence electrons. The monoisotopic (exact) mass is 219 g/mol. The molecule has 0 fully saturated rings. The Labute approximate surface area is 85.7 Å². The lowest BCUT2D eigenvalue weighted by Gasteiger charge is -2.21. The summed E-state index contributed by atoms with van der Waals surface area (Å²) in [6, 6.07) is 0.0101. The van der Waals surface area contributed by atoms with Crippen molar-refractivity contribution < 1.29 is 4.79 Å². The number of carbonyl (C=O) groups is 1. The first kappa shape index (κ1) is 10.4. The highest BCUT2D eigenvalue weighted by Gasteiger charge is 2.18. The van der Waals surface area contributed by atoms with Gasteiger partial charge in [0.1, 0.15) is 0 Å². The van der Waals surface area contributed by atoms with Crippen LogP contribution in [0, 0.1) is 0 Å². The van der Waals surface area contributed by atoms with Crippen molar-refractivity contribution in [3.05, 3.63) is 11.1 Å². The number of amides is 1. The molecular formula is C7H10ClN3OS. The van der Waals surface area contributed by atoms with Crippen molar-refractivity contribution in [1.29, 1.82) is 0 Å². The molecular weight excluding hydrogens is 210 g/mol. The Bertz CT molecular complexity index is 277. The molecule has 1 unspecified atom stereocenters. The van der Waals surface area contributed by atoms with E-state index in [9.17, 15) is 4.79 Å². The SMILES string of the molecule is CC(CCl)N(C)C(=O)c1csnn1. The molecule has 6 heteroatoms. The van der Waals surface area contributed by atoms with Gasteiger partial charge in [-0.3, -0.25) is 4.79 Å². The van der Waals surface area contributed by atoms with Crippen LogP contribution >= 0.6 is 23.1 Å². The summed E-state index contributed by atoms with van der Waals surface area (Å²) in [6.07, 6.45) is 0. The Kier molecular flexibility index (Phi) is 3.62. The van der Waals surface area contributed by atoms with Crippen molar-refractivity contribution in [3.63, 3.8) is 0 Å². The van der Waals surface area contributed by atoms with E-state index in [2.05, 4.69) is 9.59 Å². The molecule has 1 amide bonds. The smallest absolute Gasteiger partial charge is 0.275 e. The topological polar surface area (TPSA) is 46.1 Å². The third-order valence-corrected chi connectivity index (χ3v) is 2.74. The summed E-state index contributed by atoms with van der Waals surface area (Å²) < 4.78 is 3.62. The van der Waals surface area contributed by atoms with Crippen LogP contribution < -0.4 is 0 Å².